The summed E-state index contributed by atoms with van der Waals surface area (Å²) in [5, 5.41) is 0. The summed E-state index contributed by atoms with van der Waals surface area (Å²) in [4.78, 5) is 14.5. The molecule has 116 valence electrons. The Bertz CT molecular complexity index is 726. The summed E-state index contributed by atoms with van der Waals surface area (Å²) in [5.41, 5.74) is 0.422. The van der Waals surface area contributed by atoms with Crippen molar-refractivity contribution in [3.05, 3.63) is 50.7 Å². The Labute approximate surface area is 134 Å². The molecule has 1 aliphatic rings. The quantitative estimate of drug-likeness (QED) is 0.711. The standard InChI is InChI=1S/C15H11ClF3NOS/c16-13-6-5-12(22-13)14(21)20-7-1-2-9-8-10(15(17,18)19)3-4-11(9)20/h3-6,8H,1-2,7H2. The van der Waals surface area contributed by atoms with Gasteiger partial charge in [0.2, 0.25) is 0 Å². The van der Waals surface area contributed by atoms with Gasteiger partial charge in [-0.3, -0.25) is 4.79 Å². The van der Waals surface area contributed by atoms with Crippen molar-refractivity contribution < 1.29 is 18.0 Å². The minimum absolute atomic E-state index is 0.224. The first-order chi connectivity index (χ1) is 10.4. The monoisotopic (exact) mass is 345 g/mol. The van der Waals surface area contributed by atoms with Crippen molar-refractivity contribution >= 4 is 34.5 Å². The number of nitrogens with zero attached hydrogens (tertiary/aromatic N) is 1. The van der Waals surface area contributed by atoms with Crippen LogP contribution < -0.4 is 4.90 Å². The summed E-state index contributed by atoms with van der Waals surface area (Å²) in [6.07, 6.45) is -3.20. The van der Waals surface area contributed by atoms with Crippen LogP contribution in [0.4, 0.5) is 18.9 Å². The van der Waals surface area contributed by atoms with Crippen LogP contribution in [0, 0.1) is 0 Å². The predicted octanol–water partition coefficient (Wildman–Crippen LogP) is 5.01. The van der Waals surface area contributed by atoms with E-state index in [0.717, 1.165) is 12.1 Å². The second kappa shape index (κ2) is 5.59. The highest BCUT2D eigenvalue weighted by atomic mass is 35.5. The molecule has 2 nitrogen and oxygen atoms in total. The highest BCUT2D eigenvalue weighted by molar-refractivity contribution is 7.18. The normalized spacial score (nSPS) is 14.8. The van der Waals surface area contributed by atoms with Gasteiger partial charge in [0.1, 0.15) is 0 Å². The van der Waals surface area contributed by atoms with Gasteiger partial charge in [-0.2, -0.15) is 13.2 Å². The number of fused-ring (bicyclic) bond motifs is 1. The molecule has 0 radical (unpaired) electrons. The van der Waals surface area contributed by atoms with Crippen LogP contribution in [0.1, 0.15) is 27.2 Å². The first-order valence-electron chi connectivity index (χ1n) is 6.63. The first kappa shape index (κ1) is 15.4. The van der Waals surface area contributed by atoms with Crippen molar-refractivity contribution in [2.75, 3.05) is 11.4 Å². The molecule has 0 aliphatic carbocycles. The Morgan fingerprint density at radius 3 is 2.64 bits per heavy atom. The summed E-state index contributed by atoms with van der Waals surface area (Å²) in [5.74, 6) is -0.224. The number of hydrogen-bond acceptors (Lipinski definition) is 2. The number of anilines is 1. The van der Waals surface area contributed by atoms with Crippen LogP contribution in [-0.2, 0) is 12.6 Å². The number of carbonyl (C=O) groups excluding carboxylic acids is 1. The maximum absolute atomic E-state index is 12.8. The molecule has 3 rings (SSSR count). The molecule has 1 aromatic carbocycles. The summed E-state index contributed by atoms with van der Waals surface area (Å²) in [6, 6.07) is 6.80. The number of hydrogen-bond donors (Lipinski definition) is 0. The number of rotatable bonds is 1. The molecule has 22 heavy (non-hydrogen) atoms. The lowest BCUT2D eigenvalue weighted by Crippen LogP contribution is -2.35. The van der Waals surface area contributed by atoms with Crippen molar-refractivity contribution in [3.8, 4) is 0 Å². The number of carbonyl (C=O) groups is 1. The van der Waals surface area contributed by atoms with Crippen molar-refractivity contribution in [1.29, 1.82) is 0 Å². The van der Waals surface area contributed by atoms with Crippen molar-refractivity contribution in [2.45, 2.75) is 19.0 Å². The molecule has 7 heteroatoms. The Morgan fingerprint density at radius 2 is 2.00 bits per heavy atom. The van der Waals surface area contributed by atoms with Crippen LogP contribution in [0.25, 0.3) is 0 Å². The molecule has 2 heterocycles. The van der Waals surface area contributed by atoms with Gasteiger partial charge in [0, 0.05) is 12.2 Å². The molecular formula is C15H11ClF3NOS. The molecule has 2 aromatic rings. The van der Waals surface area contributed by atoms with Crippen molar-refractivity contribution in [1.82, 2.24) is 0 Å². The number of aryl methyl sites for hydroxylation is 1. The minimum atomic E-state index is -4.37. The molecular weight excluding hydrogens is 335 g/mol. The van der Waals surface area contributed by atoms with Crippen LogP contribution in [-0.4, -0.2) is 12.5 Å². The Kier molecular flexibility index (Phi) is 3.91. The number of alkyl halides is 3. The fourth-order valence-corrected chi connectivity index (χ4v) is 3.54. The van der Waals surface area contributed by atoms with Crippen molar-refractivity contribution in [2.24, 2.45) is 0 Å². The molecule has 1 amide bonds. The Balaban J connectivity index is 1.96. The maximum Gasteiger partial charge on any atom is 0.416 e. The predicted molar refractivity (Wildman–Crippen MR) is 80.8 cm³/mol. The number of amides is 1. The molecule has 0 fully saturated rings. The molecule has 0 spiro atoms. The van der Waals surface area contributed by atoms with Gasteiger partial charge in [-0.25, -0.2) is 0 Å². The minimum Gasteiger partial charge on any atom is -0.307 e. The second-order valence-corrected chi connectivity index (χ2v) is 6.72. The zero-order chi connectivity index (χ0) is 15.9. The highest BCUT2D eigenvalue weighted by Crippen LogP contribution is 2.36. The van der Waals surface area contributed by atoms with E-state index in [9.17, 15) is 18.0 Å². The molecule has 0 saturated heterocycles. The zero-order valence-electron chi connectivity index (χ0n) is 11.3. The van der Waals surface area contributed by atoms with Gasteiger partial charge in [-0.05, 0) is 48.7 Å². The molecule has 0 atom stereocenters. The third kappa shape index (κ3) is 2.85. The second-order valence-electron chi connectivity index (χ2n) is 5.01. The topological polar surface area (TPSA) is 20.3 Å². The Morgan fingerprint density at radius 1 is 1.23 bits per heavy atom. The van der Waals surface area contributed by atoms with Crippen molar-refractivity contribution in [3.63, 3.8) is 0 Å². The average Bonchev–Trinajstić information content (AvgIpc) is 2.91. The van der Waals surface area contributed by atoms with E-state index in [0.29, 0.717) is 39.9 Å². The number of halogens is 4. The molecule has 0 unspecified atom stereocenters. The summed E-state index contributed by atoms with van der Waals surface area (Å²) in [7, 11) is 0. The van der Waals surface area contributed by atoms with Gasteiger partial charge in [0.15, 0.2) is 0 Å². The average molecular weight is 346 g/mol. The van der Waals surface area contributed by atoms with E-state index in [2.05, 4.69) is 0 Å². The molecule has 0 saturated carbocycles. The zero-order valence-corrected chi connectivity index (χ0v) is 12.9. The van der Waals surface area contributed by atoms with E-state index >= 15 is 0 Å². The number of thiophene rings is 1. The van der Waals surface area contributed by atoms with Gasteiger partial charge >= 0.3 is 6.18 Å². The van der Waals surface area contributed by atoms with E-state index in [1.54, 1.807) is 12.1 Å². The van der Waals surface area contributed by atoms with Crippen LogP contribution in [0.15, 0.2) is 30.3 Å². The van der Waals surface area contributed by atoms with E-state index in [-0.39, 0.29) is 5.91 Å². The van der Waals surface area contributed by atoms with Crippen LogP contribution >= 0.6 is 22.9 Å². The van der Waals surface area contributed by atoms with E-state index in [4.69, 9.17) is 11.6 Å². The van der Waals surface area contributed by atoms with Gasteiger partial charge < -0.3 is 4.90 Å². The fraction of sp³-hybridized carbons (Fsp3) is 0.267. The third-order valence-corrected chi connectivity index (χ3v) is 4.77. The van der Waals surface area contributed by atoms with Gasteiger partial charge in [-0.15, -0.1) is 11.3 Å². The van der Waals surface area contributed by atoms with Crippen LogP contribution in [0.5, 0.6) is 0 Å². The molecule has 1 aliphatic heterocycles. The Hall–Kier alpha value is -1.53. The number of benzene rings is 1. The van der Waals surface area contributed by atoms with Crippen LogP contribution in [0.3, 0.4) is 0 Å². The van der Waals surface area contributed by atoms with E-state index in [1.165, 1.54) is 22.3 Å². The third-order valence-electron chi connectivity index (χ3n) is 3.55. The molecule has 0 N–H and O–H groups in total. The van der Waals surface area contributed by atoms with E-state index < -0.39 is 11.7 Å². The van der Waals surface area contributed by atoms with E-state index in [1.807, 2.05) is 0 Å². The highest BCUT2D eigenvalue weighted by Gasteiger charge is 2.33. The lowest BCUT2D eigenvalue weighted by atomic mass is 9.99. The maximum atomic E-state index is 12.8. The smallest absolute Gasteiger partial charge is 0.307 e. The van der Waals surface area contributed by atoms with Crippen LogP contribution in [0.2, 0.25) is 4.34 Å². The summed E-state index contributed by atoms with van der Waals surface area (Å²) in [6.45, 7) is 0.493. The molecule has 0 bridgehead atoms. The van der Waals surface area contributed by atoms with Gasteiger partial charge in [-0.1, -0.05) is 11.6 Å². The first-order valence-corrected chi connectivity index (χ1v) is 7.83. The SMILES string of the molecule is O=C(c1ccc(Cl)s1)N1CCCc2cc(C(F)(F)F)ccc21. The fourth-order valence-electron chi connectivity index (χ4n) is 2.55. The molecule has 1 aromatic heterocycles. The lowest BCUT2D eigenvalue weighted by molar-refractivity contribution is -0.137. The lowest BCUT2D eigenvalue weighted by Gasteiger charge is -2.29. The summed E-state index contributed by atoms with van der Waals surface area (Å²) < 4.78 is 38.9. The largest absolute Gasteiger partial charge is 0.416 e. The summed E-state index contributed by atoms with van der Waals surface area (Å²) >= 11 is 7.00. The van der Waals surface area contributed by atoms with Gasteiger partial charge in [0.05, 0.1) is 14.8 Å². The van der Waals surface area contributed by atoms with Gasteiger partial charge in [0.25, 0.3) is 5.91 Å².